The van der Waals surface area contributed by atoms with E-state index >= 15 is 0 Å². The van der Waals surface area contributed by atoms with Gasteiger partial charge in [0.25, 0.3) is 5.91 Å². The lowest BCUT2D eigenvalue weighted by Crippen LogP contribution is -2.47. The highest BCUT2D eigenvalue weighted by atomic mass is 16.2. The molecule has 29 heavy (non-hydrogen) atoms. The molecule has 150 valence electrons. The Morgan fingerprint density at radius 3 is 2.31 bits per heavy atom. The van der Waals surface area contributed by atoms with Crippen molar-refractivity contribution in [3.05, 3.63) is 70.8 Å². The second-order valence-electron chi connectivity index (χ2n) is 6.86. The second-order valence-corrected chi connectivity index (χ2v) is 6.86. The predicted molar refractivity (Wildman–Crippen MR) is 106 cm³/mol. The Hall–Kier alpha value is -3.68. The number of urea groups is 2. The maximum Gasteiger partial charge on any atom is 0.326 e. The highest BCUT2D eigenvalue weighted by molar-refractivity contribution is 6.12. The van der Waals surface area contributed by atoms with Crippen LogP contribution in [0.1, 0.15) is 22.3 Å². The number of nitrogens with zero attached hydrogens (tertiary/aromatic N) is 1. The molecule has 2 aromatic carbocycles. The standard InChI is InChI=1S/C21H22N4O4/c1-13-9-10-16(11-14(13)2)21(15-7-5-4-6-8-15)18(27)25(20(29)24-21)12-17(26)23-19(28)22-3/h4-11H,12H2,1-3H3,(H,24,29)(H2,22,23,26,28)/t21-/m1/s1. The molecular weight excluding hydrogens is 372 g/mol. The Kier molecular flexibility index (Phi) is 5.36. The molecule has 1 aliphatic heterocycles. The van der Waals surface area contributed by atoms with Crippen LogP contribution in [0.2, 0.25) is 0 Å². The average molecular weight is 394 g/mol. The summed E-state index contributed by atoms with van der Waals surface area (Å²) in [5.74, 6) is -1.35. The number of benzene rings is 2. The van der Waals surface area contributed by atoms with Crippen molar-refractivity contribution in [1.29, 1.82) is 0 Å². The molecule has 1 atom stereocenters. The number of hydrogen-bond acceptors (Lipinski definition) is 4. The lowest BCUT2D eigenvalue weighted by Gasteiger charge is -2.28. The van der Waals surface area contributed by atoms with Gasteiger partial charge in [-0.25, -0.2) is 9.59 Å². The van der Waals surface area contributed by atoms with Crippen LogP contribution in [0.5, 0.6) is 0 Å². The van der Waals surface area contributed by atoms with Gasteiger partial charge in [0.15, 0.2) is 5.54 Å². The topological polar surface area (TPSA) is 108 Å². The van der Waals surface area contributed by atoms with Gasteiger partial charge >= 0.3 is 12.1 Å². The molecule has 1 fully saturated rings. The number of nitrogens with one attached hydrogen (secondary N) is 3. The van der Waals surface area contributed by atoms with Crippen LogP contribution in [-0.4, -0.2) is 42.4 Å². The predicted octanol–water partition coefficient (Wildman–Crippen LogP) is 1.55. The van der Waals surface area contributed by atoms with E-state index in [-0.39, 0.29) is 0 Å². The Morgan fingerprint density at radius 1 is 1.00 bits per heavy atom. The van der Waals surface area contributed by atoms with E-state index in [4.69, 9.17) is 0 Å². The highest BCUT2D eigenvalue weighted by Gasteiger charge is 2.54. The number of amides is 6. The van der Waals surface area contributed by atoms with Crippen LogP contribution in [0.15, 0.2) is 48.5 Å². The van der Waals surface area contributed by atoms with Gasteiger partial charge < -0.3 is 10.6 Å². The van der Waals surface area contributed by atoms with Crippen molar-refractivity contribution in [2.75, 3.05) is 13.6 Å². The van der Waals surface area contributed by atoms with Crippen LogP contribution in [-0.2, 0) is 15.1 Å². The van der Waals surface area contributed by atoms with Crippen molar-refractivity contribution in [2.45, 2.75) is 19.4 Å². The highest BCUT2D eigenvalue weighted by Crippen LogP contribution is 2.36. The minimum Gasteiger partial charge on any atom is -0.341 e. The Morgan fingerprint density at radius 2 is 1.69 bits per heavy atom. The molecule has 3 rings (SSSR count). The molecule has 0 unspecified atom stereocenters. The van der Waals surface area contributed by atoms with Crippen LogP contribution in [0, 0.1) is 13.8 Å². The summed E-state index contributed by atoms with van der Waals surface area (Å²) in [6.45, 7) is 3.31. The van der Waals surface area contributed by atoms with E-state index in [1.807, 2.05) is 32.0 Å². The first kappa shape index (κ1) is 20.1. The zero-order valence-corrected chi connectivity index (χ0v) is 16.4. The molecule has 1 saturated heterocycles. The van der Waals surface area contributed by atoms with Crippen LogP contribution in [0.4, 0.5) is 9.59 Å². The molecule has 6 amide bonds. The van der Waals surface area contributed by atoms with Gasteiger partial charge in [0.2, 0.25) is 5.91 Å². The Bertz CT molecular complexity index is 989. The summed E-state index contributed by atoms with van der Waals surface area (Å²) in [7, 11) is 1.36. The smallest absolute Gasteiger partial charge is 0.326 e. The fraction of sp³-hybridized carbons (Fsp3) is 0.238. The molecule has 0 bridgehead atoms. The first-order valence-corrected chi connectivity index (χ1v) is 9.08. The summed E-state index contributed by atoms with van der Waals surface area (Å²) < 4.78 is 0. The van der Waals surface area contributed by atoms with Gasteiger partial charge in [-0.3, -0.25) is 19.8 Å². The number of aryl methyl sites for hydroxylation is 2. The van der Waals surface area contributed by atoms with Crippen molar-refractivity contribution in [1.82, 2.24) is 20.9 Å². The van der Waals surface area contributed by atoms with E-state index in [0.717, 1.165) is 16.0 Å². The van der Waals surface area contributed by atoms with Crippen molar-refractivity contribution in [2.24, 2.45) is 0 Å². The quantitative estimate of drug-likeness (QED) is 0.684. The maximum absolute atomic E-state index is 13.5. The molecule has 2 aromatic rings. The van der Waals surface area contributed by atoms with Gasteiger partial charge in [-0.2, -0.15) is 0 Å². The largest absolute Gasteiger partial charge is 0.341 e. The molecule has 1 heterocycles. The minimum absolute atomic E-state index is 0.572. The van der Waals surface area contributed by atoms with Crippen LogP contribution < -0.4 is 16.0 Å². The molecule has 0 aromatic heterocycles. The molecular formula is C21H22N4O4. The van der Waals surface area contributed by atoms with E-state index in [1.54, 1.807) is 30.3 Å². The summed E-state index contributed by atoms with van der Waals surface area (Å²) in [5, 5.41) is 7.08. The fourth-order valence-electron chi connectivity index (χ4n) is 3.31. The lowest BCUT2D eigenvalue weighted by molar-refractivity contribution is -0.134. The van der Waals surface area contributed by atoms with E-state index in [0.29, 0.717) is 11.1 Å². The average Bonchev–Trinajstić information content (AvgIpc) is 2.96. The maximum atomic E-state index is 13.5. The molecule has 0 saturated carbocycles. The van der Waals surface area contributed by atoms with Gasteiger partial charge in [-0.05, 0) is 36.1 Å². The summed E-state index contributed by atoms with van der Waals surface area (Å²) in [4.78, 5) is 50.5. The second kappa shape index (κ2) is 7.75. The van der Waals surface area contributed by atoms with Crippen LogP contribution >= 0.6 is 0 Å². The molecule has 8 nitrogen and oxygen atoms in total. The summed E-state index contributed by atoms with van der Waals surface area (Å²) in [6, 6.07) is 13.0. The third-order valence-electron chi connectivity index (χ3n) is 5.03. The first-order valence-electron chi connectivity index (χ1n) is 9.08. The number of imide groups is 2. The van der Waals surface area contributed by atoms with Gasteiger partial charge in [-0.15, -0.1) is 0 Å². The number of carbonyl (C=O) groups excluding carboxylic acids is 4. The molecule has 0 spiro atoms. The van der Waals surface area contributed by atoms with Gasteiger partial charge in [-0.1, -0.05) is 48.5 Å². The molecule has 0 aliphatic carbocycles. The summed E-state index contributed by atoms with van der Waals surface area (Å²) in [6.07, 6.45) is 0. The van der Waals surface area contributed by atoms with E-state index in [9.17, 15) is 19.2 Å². The fourth-order valence-corrected chi connectivity index (χ4v) is 3.31. The zero-order valence-electron chi connectivity index (χ0n) is 16.4. The monoisotopic (exact) mass is 394 g/mol. The van der Waals surface area contributed by atoms with Crippen LogP contribution in [0.3, 0.4) is 0 Å². The lowest BCUT2D eigenvalue weighted by atomic mass is 9.81. The molecule has 3 N–H and O–H groups in total. The van der Waals surface area contributed by atoms with Crippen molar-refractivity contribution in [3.63, 3.8) is 0 Å². The normalized spacial score (nSPS) is 18.4. The number of rotatable bonds is 4. The SMILES string of the molecule is CNC(=O)NC(=O)CN1C(=O)N[C@](c2ccccc2)(c2ccc(C)c(C)c2)C1=O. The minimum atomic E-state index is -1.45. The zero-order chi connectivity index (χ0) is 21.2. The molecule has 0 radical (unpaired) electrons. The first-order chi connectivity index (χ1) is 13.8. The summed E-state index contributed by atoms with van der Waals surface area (Å²) in [5.41, 5.74) is 1.74. The molecule has 8 heteroatoms. The van der Waals surface area contributed by atoms with E-state index in [2.05, 4.69) is 16.0 Å². The van der Waals surface area contributed by atoms with Gasteiger partial charge in [0, 0.05) is 7.05 Å². The third kappa shape index (κ3) is 3.56. The van der Waals surface area contributed by atoms with Gasteiger partial charge in [0.1, 0.15) is 6.54 Å². The number of carbonyl (C=O) groups is 4. The number of hydrogen-bond donors (Lipinski definition) is 3. The van der Waals surface area contributed by atoms with Gasteiger partial charge in [0.05, 0.1) is 0 Å². The Labute approximate surface area is 168 Å². The van der Waals surface area contributed by atoms with E-state index < -0.39 is 36.0 Å². The Balaban J connectivity index is 2.05. The van der Waals surface area contributed by atoms with Crippen LogP contribution in [0.25, 0.3) is 0 Å². The van der Waals surface area contributed by atoms with E-state index in [1.165, 1.54) is 7.05 Å². The van der Waals surface area contributed by atoms with Crippen molar-refractivity contribution < 1.29 is 19.2 Å². The van der Waals surface area contributed by atoms with Crippen molar-refractivity contribution in [3.8, 4) is 0 Å². The summed E-state index contributed by atoms with van der Waals surface area (Å²) >= 11 is 0. The third-order valence-corrected chi connectivity index (χ3v) is 5.03. The molecule has 1 aliphatic rings. The van der Waals surface area contributed by atoms with Crippen molar-refractivity contribution >= 4 is 23.9 Å².